The third-order valence-corrected chi connectivity index (χ3v) is 4.29. The molecule has 1 aliphatic heterocycles. The Morgan fingerprint density at radius 1 is 0.920 bits per heavy atom. The molecule has 0 bridgehead atoms. The Morgan fingerprint density at radius 2 is 1.64 bits per heavy atom. The van der Waals surface area contributed by atoms with Gasteiger partial charge in [0.05, 0.1) is 24.5 Å². The number of anilines is 1. The first-order chi connectivity index (χ1) is 11.8. The van der Waals surface area contributed by atoms with Gasteiger partial charge in [0.25, 0.3) is 0 Å². The molecule has 0 radical (unpaired) electrons. The fourth-order valence-electron chi connectivity index (χ4n) is 3.07. The highest BCUT2D eigenvalue weighted by Gasteiger charge is 2.45. The first-order valence-electron chi connectivity index (χ1n) is 8.08. The molecule has 0 spiro atoms. The van der Waals surface area contributed by atoms with Gasteiger partial charge in [0, 0.05) is 5.69 Å². The van der Waals surface area contributed by atoms with Gasteiger partial charge in [0.2, 0.25) is 0 Å². The van der Waals surface area contributed by atoms with E-state index in [2.05, 4.69) is 5.10 Å². The molecule has 3 rings (SSSR count). The average molecular weight is 340 g/mol. The van der Waals surface area contributed by atoms with Crippen molar-refractivity contribution < 1.29 is 14.4 Å². The average Bonchev–Trinajstić information content (AvgIpc) is 2.96. The van der Waals surface area contributed by atoms with Crippen LogP contribution >= 0.6 is 0 Å². The van der Waals surface area contributed by atoms with Crippen molar-refractivity contribution in [1.82, 2.24) is 14.7 Å². The molecule has 0 unspecified atom stereocenters. The maximum Gasteiger partial charge on any atom is 0.338 e. The summed E-state index contributed by atoms with van der Waals surface area (Å²) in [6.07, 6.45) is 0. The number of benzene rings is 1. The van der Waals surface area contributed by atoms with Crippen LogP contribution in [0.1, 0.15) is 22.5 Å². The number of urea groups is 1. The van der Waals surface area contributed by atoms with E-state index < -0.39 is 17.8 Å². The molecular weight excluding hydrogens is 320 g/mol. The van der Waals surface area contributed by atoms with Gasteiger partial charge in [-0.3, -0.25) is 19.2 Å². The topological polar surface area (TPSA) is 75.5 Å². The summed E-state index contributed by atoms with van der Waals surface area (Å²) in [5.74, 6) is -1.61. The number of nitrogens with zero attached hydrogens (tertiary/aromatic N) is 4. The Morgan fingerprint density at radius 3 is 2.24 bits per heavy atom. The SMILES string of the molecule is Cc1ccc(N2C(=O)C(=O)N(CCn3nc(C)cc3C)C2=O)c(C)c1. The second kappa shape index (κ2) is 6.16. The third kappa shape index (κ3) is 2.93. The quantitative estimate of drug-likeness (QED) is 0.631. The Bertz CT molecular complexity index is 884. The van der Waals surface area contributed by atoms with E-state index in [1.54, 1.807) is 10.7 Å². The van der Waals surface area contributed by atoms with E-state index >= 15 is 0 Å². The number of hydrogen-bond acceptors (Lipinski definition) is 4. The fourth-order valence-corrected chi connectivity index (χ4v) is 3.07. The van der Waals surface area contributed by atoms with Gasteiger partial charge >= 0.3 is 17.8 Å². The van der Waals surface area contributed by atoms with Gasteiger partial charge in [0.1, 0.15) is 0 Å². The van der Waals surface area contributed by atoms with E-state index in [1.807, 2.05) is 45.9 Å². The second-order valence-corrected chi connectivity index (χ2v) is 6.32. The van der Waals surface area contributed by atoms with Crippen molar-refractivity contribution in [3.63, 3.8) is 0 Å². The summed E-state index contributed by atoms with van der Waals surface area (Å²) in [6.45, 7) is 7.97. The minimum Gasteiger partial charge on any atom is -0.268 e. The number of carbonyl (C=O) groups excluding carboxylic acids is 3. The molecule has 130 valence electrons. The normalized spacial score (nSPS) is 14.8. The van der Waals surface area contributed by atoms with E-state index in [1.165, 1.54) is 0 Å². The van der Waals surface area contributed by atoms with Crippen molar-refractivity contribution >= 4 is 23.5 Å². The molecule has 7 heteroatoms. The van der Waals surface area contributed by atoms with E-state index in [9.17, 15) is 14.4 Å². The van der Waals surface area contributed by atoms with E-state index in [0.717, 1.165) is 32.3 Å². The molecule has 0 aliphatic carbocycles. The fraction of sp³-hybridized carbons (Fsp3) is 0.333. The lowest BCUT2D eigenvalue weighted by molar-refractivity contribution is -0.139. The first kappa shape index (κ1) is 16.9. The van der Waals surface area contributed by atoms with Crippen LogP contribution in [0, 0.1) is 27.7 Å². The largest absolute Gasteiger partial charge is 0.338 e. The lowest BCUT2D eigenvalue weighted by atomic mass is 10.1. The van der Waals surface area contributed by atoms with Crippen molar-refractivity contribution in [2.75, 3.05) is 11.4 Å². The van der Waals surface area contributed by atoms with Crippen molar-refractivity contribution in [3.05, 3.63) is 46.8 Å². The van der Waals surface area contributed by atoms with Gasteiger partial charge in [-0.2, -0.15) is 5.10 Å². The summed E-state index contributed by atoms with van der Waals surface area (Å²) in [7, 11) is 0. The molecule has 0 saturated carbocycles. The summed E-state index contributed by atoms with van der Waals surface area (Å²) >= 11 is 0. The third-order valence-electron chi connectivity index (χ3n) is 4.29. The Kier molecular flexibility index (Phi) is 4.16. The molecule has 0 atom stereocenters. The maximum atomic E-state index is 12.7. The summed E-state index contributed by atoms with van der Waals surface area (Å²) in [6, 6.07) is 6.69. The summed E-state index contributed by atoms with van der Waals surface area (Å²) in [5, 5.41) is 4.31. The highest BCUT2D eigenvalue weighted by Crippen LogP contribution is 2.26. The molecule has 4 amide bonds. The number of amides is 4. The lowest BCUT2D eigenvalue weighted by Gasteiger charge is -2.17. The number of imide groups is 2. The molecule has 7 nitrogen and oxygen atoms in total. The van der Waals surface area contributed by atoms with Crippen LogP contribution in [-0.4, -0.2) is 39.1 Å². The molecular formula is C18H20N4O3. The summed E-state index contributed by atoms with van der Waals surface area (Å²) in [5.41, 5.74) is 4.05. The van der Waals surface area contributed by atoms with Gasteiger partial charge in [-0.05, 0) is 45.4 Å². The summed E-state index contributed by atoms with van der Waals surface area (Å²) < 4.78 is 1.72. The van der Waals surface area contributed by atoms with Crippen molar-refractivity contribution in [3.8, 4) is 0 Å². The minimum atomic E-state index is -0.815. The zero-order valence-corrected chi connectivity index (χ0v) is 14.7. The van der Waals surface area contributed by atoms with E-state index in [0.29, 0.717) is 12.2 Å². The molecule has 1 aromatic carbocycles. The highest BCUT2D eigenvalue weighted by molar-refractivity contribution is 6.52. The molecule has 2 aromatic rings. The Labute approximate surface area is 145 Å². The molecule has 1 saturated heterocycles. The van der Waals surface area contributed by atoms with E-state index in [4.69, 9.17) is 0 Å². The van der Waals surface area contributed by atoms with Crippen LogP contribution < -0.4 is 4.90 Å². The minimum absolute atomic E-state index is 0.104. The number of carbonyl (C=O) groups is 3. The van der Waals surface area contributed by atoms with Crippen molar-refractivity contribution in [1.29, 1.82) is 0 Å². The molecule has 2 heterocycles. The van der Waals surface area contributed by atoms with Crippen LogP contribution in [0.3, 0.4) is 0 Å². The zero-order valence-electron chi connectivity index (χ0n) is 14.7. The zero-order chi connectivity index (χ0) is 18.3. The van der Waals surface area contributed by atoms with Crippen molar-refractivity contribution in [2.45, 2.75) is 34.2 Å². The molecule has 1 aliphatic rings. The van der Waals surface area contributed by atoms with Crippen LogP contribution in [0.25, 0.3) is 0 Å². The number of rotatable bonds is 4. The summed E-state index contributed by atoms with van der Waals surface area (Å²) in [4.78, 5) is 39.2. The second-order valence-electron chi connectivity index (χ2n) is 6.32. The predicted molar refractivity (Wildman–Crippen MR) is 92.2 cm³/mol. The van der Waals surface area contributed by atoms with Gasteiger partial charge in [-0.15, -0.1) is 0 Å². The van der Waals surface area contributed by atoms with Crippen LogP contribution in [0.15, 0.2) is 24.3 Å². The Balaban J connectivity index is 1.83. The lowest BCUT2D eigenvalue weighted by Crippen LogP contribution is -2.36. The van der Waals surface area contributed by atoms with Crippen LogP contribution in [0.4, 0.5) is 10.5 Å². The number of aromatic nitrogens is 2. The van der Waals surface area contributed by atoms with E-state index in [-0.39, 0.29) is 6.54 Å². The molecule has 0 N–H and O–H groups in total. The van der Waals surface area contributed by atoms with Crippen LogP contribution in [-0.2, 0) is 16.1 Å². The Hall–Kier alpha value is -2.96. The molecule has 1 aromatic heterocycles. The molecule has 1 fully saturated rings. The number of aryl methyl sites for hydroxylation is 4. The first-order valence-corrected chi connectivity index (χ1v) is 8.08. The van der Waals surface area contributed by atoms with Gasteiger partial charge in [-0.25, -0.2) is 9.69 Å². The molecule has 25 heavy (non-hydrogen) atoms. The van der Waals surface area contributed by atoms with Crippen molar-refractivity contribution in [2.24, 2.45) is 0 Å². The van der Waals surface area contributed by atoms with Gasteiger partial charge in [-0.1, -0.05) is 17.7 Å². The van der Waals surface area contributed by atoms with Gasteiger partial charge < -0.3 is 0 Å². The standard InChI is InChI=1S/C18H20N4O3/c1-11-5-6-15(12(2)9-11)22-17(24)16(23)20(18(22)25)7-8-21-14(4)10-13(3)19-21/h5-6,9-10H,7-8H2,1-4H3. The van der Waals surface area contributed by atoms with Crippen LogP contribution in [0.5, 0.6) is 0 Å². The van der Waals surface area contributed by atoms with Crippen LogP contribution in [0.2, 0.25) is 0 Å². The monoisotopic (exact) mass is 340 g/mol. The predicted octanol–water partition coefficient (Wildman–Crippen LogP) is 2.11. The number of hydrogen-bond donors (Lipinski definition) is 0. The van der Waals surface area contributed by atoms with Gasteiger partial charge in [0.15, 0.2) is 0 Å². The highest BCUT2D eigenvalue weighted by atomic mass is 16.2. The smallest absolute Gasteiger partial charge is 0.268 e. The maximum absolute atomic E-state index is 12.7.